The van der Waals surface area contributed by atoms with Gasteiger partial charge in [-0.2, -0.15) is 4.98 Å². The maximum atomic E-state index is 9.79. The highest BCUT2D eigenvalue weighted by atomic mass is 35.5. The molecule has 0 spiro atoms. The zero-order chi connectivity index (χ0) is 71.5. The van der Waals surface area contributed by atoms with E-state index < -0.39 is 0 Å². The standard InChI is InChI=1S/C24H30N6O5.C19H20ClN5O4.C12H15N3O3.C7H6Cl2N2O.C5H11NO/c1-32-19-9-16(10-20(33-2)22(19)34-3)29-11-21(25-14-29)27-23-17-13-35-8-6-18(17)26-24(28-23)30-7-4-5-15(30)12-31;1-26-14-6-11(7-15(27-2)17(14)28-3)25-8-16(21-10-25)23-18-12-9-29-5-4-13(12)22-19(20)24-18;1-16-9-4-8(15-6-11(13)14-7-15)5-10(17-2)12(9)18-3;8-6-4-3-12-2-1-5(4)10-7(9)11-6;7-4-5-2-1-3-6-5/h9-11,14-15,31H,4-8,12-13H2,1-3H3,(H,26,27,28);6-8,10H,4-5,9H2,1-3H3,(H,22,23,24);4-7H,13H2,1-3H3;1-3H2;5-7H,1-4H2/t15-;;;;5-/m0...0/s1. The second-order valence-electron chi connectivity index (χ2n) is 22.8. The van der Waals surface area contributed by atoms with Crippen LogP contribution >= 0.6 is 34.8 Å². The first-order valence-corrected chi connectivity index (χ1v) is 33.2. The third-order valence-electron chi connectivity index (χ3n) is 16.7. The Balaban J connectivity index is 0.000000148. The number of anilines is 6. The van der Waals surface area contributed by atoms with Gasteiger partial charge < -0.3 is 107 Å². The molecule has 6 aromatic heterocycles. The molecule has 0 amide bonds. The van der Waals surface area contributed by atoms with Gasteiger partial charge in [0, 0.05) is 84.9 Å². The number of aliphatic hydroxyl groups excluding tert-OH is 2. The van der Waals surface area contributed by atoms with Crippen molar-refractivity contribution in [1.82, 2.24) is 63.9 Å². The van der Waals surface area contributed by atoms with E-state index in [-0.39, 0.29) is 23.2 Å². The number of rotatable bonds is 19. The fraction of sp³-hybridized carbons (Fsp3) is 0.418. The minimum atomic E-state index is 0.0416. The number of nitrogens with one attached hydrogen (secondary N) is 3. The summed E-state index contributed by atoms with van der Waals surface area (Å²) in [6, 6.07) is 11.5. The predicted octanol–water partition coefficient (Wildman–Crippen LogP) is 8.69. The number of aliphatic hydroxyl groups is 2. The molecule has 11 heterocycles. The second-order valence-corrected chi connectivity index (χ2v) is 23.8. The zero-order valence-electron chi connectivity index (χ0n) is 57.4. The van der Waals surface area contributed by atoms with E-state index in [1.807, 2.05) is 57.9 Å². The Morgan fingerprint density at radius 1 is 0.505 bits per heavy atom. The van der Waals surface area contributed by atoms with Crippen molar-refractivity contribution in [2.45, 2.75) is 76.9 Å². The van der Waals surface area contributed by atoms with E-state index in [1.165, 1.54) is 6.42 Å². The van der Waals surface area contributed by atoms with Gasteiger partial charge >= 0.3 is 0 Å². The van der Waals surface area contributed by atoms with Gasteiger partial charge in [0.05, 0.1) is 176 Å². The lowest BCUT2D eigenvalue weighted by Crippen LogP contribution is -2.34. The summed E-state index contributed by atoms with van der Waals surface area (Å²) in [6.07, 6.45) is 16.9. The summed E-state index contributed by atoms with van der Waals surface area (Å²) in [7, 11) is 14.2. The normalized spacial score (nSPS) is 15.6. The summed E-state index contributed by atoms with van der Waals surface area (Å²) in [5.74, 6) is 8.56. The van der Waals surface area contributed by atoms with Crippen molar-refractivity contribution in [3.8, 4) is 68.8 Å². The largest absolute Gasteiger partial charge is 0.493 e. The number of fused-ring (bicyclic) bond motifs is 3. The van der Waals surface area contributed by atoms with Gasteiger partial charge in [0.2, 0.25) is 33.8 Å². The predicted molar refractivity (Wildman–Crippen MR) is 377 cm³/mol. The van der Waals surface area contributed by atoms with Crippen molar-refractivity contribution < 1.29 is 67.1 Å². The van der Waals surface area contributed by atoms with Crippen LogP contribution in [0.5, 0.6) is 51.7 Å². The Morgan fingerprint density at radius 3 is 1.34 bits per heavy atom. The van der Waals surface area contributed by atoms with Crippen molar-refractivity contribution in [2.75, 3.05) is 131 Å². The number of ether oxygens (including phenoxy) is 12. The summed E-state index contributed by atoms with van der Waals surface area (Å²) in [5, 5.41) is 28.8. The van der Waals surface area contributed by atoms with Crippen LogP contribution in [0, 0.1) is 0 Å². The molecule has 540 valence electrons. The van der Waals surface area contributed by atoms with E-state index in [1.54, 1.807) is 93.7 Å². The van der Waals surface area contributed by atoms with Crippen LogP contribution in [0.1, 0.15) is 59.5 Å². The Hall–Kier alpha value is -9.44. The van der Waals surface area contributed by atoms with Gasteiger partial charge in [-0.3, -0.25) is 0 Å². The number of nitrogens with zero attached hydrogens (tertiary/aromatic N) is 13. The molecule has 34 heteroatoms. The number of halogens is 3. The van der Waals surface area contributed by atoms with Crippen LogP contribution in [0.25, 0.3) is 17.1 Å². The van der Waals surface area contributed by atoms with Crippen molar-refractivity contribution in [2.24, 2.45) is 0 Å². The van der Waals surface area contributed by atoms with Crippen LogP contribution in [0.3, 0.4) is 0 Å². The first kappa shape index (κ1) is 74.3. The lowest BCUT2D eigenvalue weighted by molar-refractivity contribution is 0.109. The lowest BCUT2D eigenvalue weighted by atomic mass is 10.1. The first-order chi connectivity index (χ1) is 49.2. The number of nitrogen functional groups attached to an aromatic ring is 1. The van der Waals surface area contributed by atoms with Gasteiger partial charge in [-0.15, -0.1) is 0 Å². The molecular formula is C67H82Cl3N17O14. The van der Waals surface area contributed by atoms with Gasteiger partial charge in [0.1, 0.15) is 53.2 Å². The van der Waals surface area contributed by atoms with Gasteiger partial charge in [0.15, 0.2) is 34.5 Å². The van der Waals surface area contributed by atoms with E-state index in [0.717, 1.165) is 96.0 Å². The molecule has 3 aromatic carbocycles. The molecule has 5 aliphatic heterocycles. The van der Waals surface area contributed by atoms with E-state index in [9.17, 15) is 5.11 Å². The molecule has 0 aliphatic carbocycles. The van der Waals surface area contributed by atoms with Crippen LogP contribution in [-0.4, -0.2) is 191 Å². The molecule has 0 bridgehead atoms. The molecule has 2 atom stereocenters. The lowest BCUT2D eigenvalue weighted by Gasteiger charge is -2.26. The molecule has 5 aliphatic rings. The number of hydrogen-bond donors (Lipinski definition) is 6. The third-order valence-corrected chi connectivity index (χ3v) is 17.3. The maximum absolute atomic E-state index is 9.79. The van der Waals surface area contributed by atoms with E-state index >= 15 is 0 Å². The number of hydrogen-bond acceptors (Lipinski definition) is 28. The molecule has 2 saturated heterocycles. The zero-order valence-corrected chi connectivity index (χ0v) is 59.7. The summed E-state index contributed by atoms with van der Waals surface area (Å²) in [5.41, 5.74) is 13.5. The molecule has 0 radical (unpaired) electrons. The molecule has 2 fully saturated rings. The molecule has 0 saturated carbocycles. The summed E-state index contributed by atoms with van der Waals surface area (Å²) >= 11 is 17.5. The van der Waals surface area contributed by atoms with Gasteiger partial charge in [-0.1, -0.05) is 11.6 Å². The highest BCUT2D eigenvalue weighted by Crippen LogP contribution is 2.43. The Kier molecular flexibility index (Phi) is 26.3. The minimum Gasteiger partial charge on any atom is -0.493 e. The SMILES string of the molecule is COc1cc(-n2cnc(N)c2)cc(OC)c1OC.COc1cc(-n2cnc(Nc3nc(Cl)nc4c3COCC4)c2)cc(OC)c1OC.COc1cc(-n2cnc(Nc3nc(N4CCC[C@H]4CO)nc4c3COCC4)c2)cc(OC)c1OC.Clc1nc(Cl)c2c(n1)CCOC2.OC[C@@H]1CCCN1. The number of benzene rings is 3. The maximum Gasteiger partial charge on any atom is 0.227 e. The monoisotopic (exact) mass is 1450 g/mol. The molecule has 0 unspecified atom stereocenters. The number of nitrogens with two attached hydrogens (primary N) is 1. The van der Waals surface area contributed by atoms with Crippen LogP contribution in [0.15, 0.2) is 74.0 Å². The molecule has 31 nitrogen and oxygen atoms in total. The highest BCUT2D eigenvalue weighted by molar-refractivity contribution is 6.32. The Morgan fingerprint density at radius 2 is 0.931 bits per heavy atom. The van der Waals surface area contributed by atoms with Crippen LogP contribution in [0.2, 0.25) is 15.7 Å². The van der Waals surface area contributed by atoms with Crippen molar-refractivity contribution in [3.63, 3.8) is 0 Å². The average Bonchev–Trinajstić information content (AvgIpc) is 1.69. The van der Waals surface area contributed by atoms with E-state index in [2.05, 4.69) is 55.7 Å². The van der Waals surface area contributed by atoms with Crippen LogP contribution in [-0.2, 0) is 53.3 Å². The number of imidazole rings is 3. The highest BCUT2D eigenvalue weighted by Gasteiger charge is 2.30. The Labute approximate surface area is 598 Å². The first-order valence-electron chi connectivity index (χ1n) is 32.1. The smallest absolute Gasteiger partial charge is 0.227 e. The number of methoxy groups -OCH3 is 9. The van der Waals surface area contributed by atoms with Crippen molar-refractivity contribution in [3.05, 3.63) is 123 Å². The second kappa shape index (κ2) is 35.7. The Bertz CT molecular complexity index is 4160. The average molecular weight is 1460 g/mol. The minimum absolute atomic E-state index is 0.0416. The van der Waals surface area contributed by atoms with E-state index in [0.29, 0.717) is 151 Å². The van der Waals surface area contributed by atoms with Crippen molar-refractivity contribution in [1.29, 1.82) is 0 Å². The third kappa shape index (κ3) is 18.2. The topological polar surface area (TPSA) is 347 Å². The quantitative estimate of drug-likeness (QED) is 0.0325. The van der Waals surface area contributed by atoms with Gasteiger partial charge in [0.25, 0.3) is 0 Å². The van der Waals surface area contributed by atoms with Gasteiger partial charge in [-0.25, -0.2) is 39.9 Å². The number of aromatic nitrogens is 12. The van der Waals surface area contributed by atoms with Crippen LogP contribution in [0.4, 0.5) is 35.0 Å². The summed E-state index contributed by atoms with van der Waals surface area (Å²) in [4.78, 5) is 41.1. The summed E-state index contributed by atoms with van der Waals surface area (Å²) < 4.78 is 70.3. The van der Waals surface area contributed by atoms with Crippen molar-refractivity contribution >= 4 is 69.8 Å². The molecule has 7 N–H and O–H groups in total. The van der Waals surface area contributed by atoms with Crippen LogP contribution < -0.4 is 69.2 Å². The molecule has 9 aromatic rings. The molecule has 101 heavy (non-hydrogen) atoms. The summed E-state index contributed by atoms with van der Waals surface area (Å²) in [6.45, 7) is 5.60. The molecule has 14 rings (SSSR count). The van der Waals surface area contributed by atoms with Gasteiger partial charge in [-0.05, 0) is 55.4 Å². The van der Waals surface area contributed by atoms with E-state index in [4.69, 9.17) is 112 Å². The fourth-order valence-corrected chi connectivity index (χ4v) is 12.2. The molecular weight excluding hydrogens is 1370 g/mol. The fourth-order valence-electron chi connectivity index (χ4n) is 11.5.